The molecule has 0 radical (unpaired) electrons. The molecular weight excluding hydrogens is 385 g/mol. The SMILES string of the molecule is CC(C)C[C@H](CC(=O)[C@@H](NC(=O)c1cncc(-c2ccccc2)n1)[C@@H](C)O)B(O)O. The summed E-state index contributed by atoms with van der Waals surface area (Å²) in [5.41, 5.74) is 1.30. The Labute approximate surface area is 176 Å². The molecule has 1 amide bonds. The first-order chi connectivity index (χ1) is 14.2. The molecule has 0 unspecified atom stereocenters. The molecule has 0 saturated carbocycles. The first kappa shape index (κ1) is 23.7. The molecule has 0 aliphatic carbocycles. The number of amides is 1. The van der Waals surface area contributed by atoms with E-state index in [1.54, 1.807) is 0 Å². The standard InChI is InChI=1S/C21H28BN3O5/c1-13(2)9-16(22(29)30)10-19(27)20(14(3)26)25-21(28)18-12-23-11-17(24-18)15-7-5-4-6-8-15/h4-8,11-14,16,20,26,29-30H,9-10H2,1-3H3,(H,25,28)/t14-,16-,20+/m1/s1. The van der Waals surface area contributed by atoms with Gasteiger partial charge in [-0.2, -0.15) is 0 Å². The third kappa shape index (κ3) is 6.72. The lowest BCUT2D eigenvalue weighted by Gasteiger charge is -2.23. The summed E-state index contributed by atoms with van der Waals surface area (Å²) in [4.78, 5) is 33.7. The fourth-order valence-corrected chi connectivity index (χ4v) is 3.21. The smallest absolute Gasteiger partial charge is 0.427 e. The van der Waals surface area contributed by atoms with Crippen LogP contribution in [0.3, 0.4) is 0 Å². The highest BCUT2D eigenvalue weighted by Gasteiger charge is 2.32. The van der Waals surface area contributed by atoms with Crippen molar-refractivity contribution in [1.29, 1.82) is 0 Å². The van der Waals surface area contributed by atoms with Crippen molar-refractivity contribution in [3.05, 3.63) is 48.4 Å². The quantitative estimate of drug-likeness (QED) is 0.434. The van der Waals surface area contributed by atoms with Crippen LogP contribution in [0, 0.1) is 5.92 Å². The lowest BCUT2D eigenvalue weighted by molar-refractivity contribution is -0.123. The van der Waals surface area contributed by atoms with Gasteiger partial charge in [0.2, 0.25) is 0 Å². The van der Waals surface area contributed by atoms with Gasteiger partial charge in [-0.05, 0) is 19.3 Å². The monoisotopic (exact) mass is 413 g/mol. The number of carbonyl (C=O) groups is 2. The molecule has 3 atom stereocenters. The number of aromatic nitrogens is 2. The van der Waals surface area contributed by atoms with E-state index in [0.717, 1.165) is 5.56 Å². The molecule has 4 N–H and O–H groups in total. The Kier molecular flexibility index (Phi) is 8.65. The van der Waals surface area contributed by atoms with Crippen LogP contribution in [0.1, 0.15) is 44.1 Å². The summed E-state index contributed by atoms with van der Waals surface area (Å²) in [6.07, 6.45) is 1.89. The molecule has 160 valence electrons. The molecule has 2 rings (SSSR count). The van der Waals surface area contributed by atoms with Crippen LogP contribution in [0.15, 0.2) is 42.7 Å². The average Bonchev–Trinajstić information content (AvgIpc) is 2.71. The van der Waals surface area contributed by atoms with Gasteiger partial charge in [0, 0.05) is 17.8 Å². The van der Waals surface area contributed by atoms with Crippen LogP contribution in [0.5, 0.6) is 0 Å². The number of rotatable bonds is 10. The van der Waals surface area contributed by atoms with Crippen LogP contribution >= 0.6 is 0 Å². The van der Waals surface area contributed by atoms with Crippen molar-refractivity contribution in [3.63, 3.8) is 0 Å². The van der Waals surface area contributed by atoms with Crippen LogP contribution in [0.4, 0.5) is 0 Å². The van der Waals surface area contributed by atoms with Crippen LogP contribution in [-0.2, 0) is 4.79 Å². The van der Waals surface area contributed by atoms with E-state index in [4.69, 9.17) is 0 Å². The number of ketones is 1. The minimum atomic E-state index is -1.66. The molecule has 0 saturated heterocycles. The fraction of sp³-hybridized carbons (Fsp3) is 0.429. The van der Waals surface area contributed by atoms with E-state index in [9.17, 15) is 24.7 Å². The highest BCUT2D eigenvalue weighted by molar-refractivity contribution is 6.43. The van der Waals surface area contributed by atoms with E-state index in [-0.39, 0.29) is 18.0 Å². The molecule has 0 fully saturated rings. The number of nitrogens with one attached hydrogen (secondary N) is 1. The lowest BCUT2D eigenvalue weighted by atomic mass is 9.66. The second kappa shape index (κ2) is 11.0. The Morgan fingerprint density at radius 3 is 2.33 bits per heavy atom. The van der Waals surface area contributed by atoms with Crippen molar-refractivity contribution in [2.75, 3.05) is 0 Å². The van der Waals surface area contributed by atoms with Gasteiger partial charge in [-0.1, -0.05) is 44.2 Å². The third-order valence-corrected chi connectivity index (χ3v) is 4.71. The largest absolute Gasteiger partial charge is 0.455 e. The van der Waals surface area contributed by atoms with Gasteiger partial charge in [0.1, 0.15) is 11.7 Å². The highest BCUT2D eigenvalue weighted by Crippen LogP contribution is 2.24. The van der Waals surface area contributed by atoms with Gasteiger partial charge in [-0.25, -0.2) is 4.98 Å². The van der Waals surface area contributed by atoms with E-state index in [1.165, 1.54) is 19.3 Å². The van der Waals surface area contributed by atoms with E-state index in [0.29, 0.717) is 12.1 Å². The maximum absolute atomic E-state index is 12.7. The van der Waals surface area contributed by atoms with Crippen molar-refractivity contribution in [2.45, 2.75) is 51.6 Å². The highest BCUT2D eigenvalue weighted by atomic mass is 16.4. The topological polar surface area (TPSA) is 133 Å². The second-order valence-corrected chi connectivity index (χ2v) is 7.82. The Morgan fingerprint density at radius 2 is 1.77 bits per heavy atom. The van der Waals surface area contributed by atoms with Crippen LogP contribution in [0.25, 0.3) is 11.3 Å². The second-order valence-electron chi connectivity index (χ2n) is 7.82. The van der Waals surface area contributed by atoms with Crippen LogP contribution in [-0.4, -0.2) is 56.1 Å². The number of Topliss-reactive ketones (excluding diaryl/α,β-unsaturated/α-hetero) is 1. The Bertz CT molecular complexity index is 846. The number of carbonyl (C=O) groups excluding carboxylic acids is 2. The molecule has 9 heteroatoms. The molecule has 0 bridgehead atoms. The molecule has 2 aromatic rings. The van der Waals surface area contributed by atoms with E-state index in [1.807, 2.05) is 44.2 Å². The summed E-state index contributed by atoms with van der Waals surface area (Å²) in [6, 6.07) is 8.02. The zero-order chi connectivity index (χ0) is 22.3. The van der Waals surface area contributed by atoms with Gasteiger partial charge in [0.15, 0.2) is 5.78 Å². The molecule has 0 aliphatic rings. The van der Waals surface area contributed by atoms with E-state index < -0.39 is 36.8 Å². The van der Waals surface area contributed by atoms with Gasteiger partial charge >= 0.3 is 7.12 Å². The van der Waals surface area contributed by atoms with Crippen molar-refractivity contribution >= 4 is 18.8 Å². The van der Waals surface area contributed by atoms with Gasteiger partial charge in [0.25, 0.3) is 5.91 Å². The van der Waals surface area contributed by atoms with Crippen molar-refractivity contribution < 1.29 is 24.7 Å². The summed E-state index contributed by atoms with van der Waals surface area (Å²) < 4.78 is 0. The van der Waals surface area contributed by atoms with Crippen LogP contribution in [0.2, 0.25) is 5.82 Å². The first-order valence-electron chi connectivity index (χ1n) is 9.94. The Morgan fingerprint density at radius 1 is 1.10 bits per heavy atom. The average molecular weight is 413 g/mol. The molecule has 1 heterocycles. The minimum absolute atomic E-state index is 0.00993. The van der Waals surface area contributed by atoms with Gasteiger partial charge in [0.05, 0.1) is 24.2 Å². The maximum atomic E-state index is 12.7. The molecule has 8 nitrogen and oxygen atoms in total. The number of aliphatic hydroxyl groups is 1. The van der Waals surface area contributed by atoms with Crippen molar-refractivity contribution in [3.8, 4) is 11.3 Å². The summed E-state index contributed by atoms with van der Waals surface area (Å²) in [7, 11) is -1.66. The summed E-state index contributed by atoms with van der Waals surface area (Å²) in [5.74, 6) is -1.66. The van der Waals surface area contributed by atoms with E-state index >= 15 is 0 Å². The lowest BCUT2D eigenvalue weighted by Crippen LogP contribution is -2.48. The maximum Gasteiger partial charge on any atom is 0.455 e. The molecule has 1 aromatic carbocycles. The number of hydrogen-bond acceptors (Lipinski definition) is 7. The molecule has 0 spiro atoms. The Balaban J connectivity index is 2.14. The summed E-state index contributed by atoms with van der Waals surface area (Å²) in [5, 5.41) is 31.7. The minimum Gasteiger partial charge on any atom is -0.427 e. The molecule has 30 heavy (non-hydrogen) atoms. The fourth-order valence-electron chi connectivity index (χ4n) is 3.21. The number of hydrogen-bond donors (Lipinski definition) is 4. The van der Waals surface area contributed by atoms with Crippen molar-refractivity contribution in [2.24, 2.45) is 5.92 Å². The zero-order valence-corrected chi connectivity index (χ0v) is 17.4. The van der Waals surface area contributed by atoms with Gasteiger partial charge in [-0.15, -0.1) is 0 Å². The molecule has 0 aliphatic heterocycles. The van der Waals surface area contributed by atoms with Gasteiger partial charge < -0.3 is 20.5 Å². The number of nitrogens with zero attached hydrogens (tertiary/aromatic N) is 2. The summed E-state index contributed by atoms with van der Waals surface area (Å²) >= 11 is 0. The molecule has 1 aromatic heterocycles. The zero-order valence-electron chi connectivity index (χ0n) is 17.4. The first-order valence-corrected chi connectivity index (χ1v) is 9.94. The predicted molar refractivity (Wildman–Crippen MR) is 113 cm³/mol. The summed E-state index contributed by atoms with van der Waals surface area (Å²) in [6.45, 7) is 5.21. The van der Waals surface area contributed by atoms with Crippen LogP contribution < -0.4 is 5.32 Å². The Hall–Kier alpha value is -2.62. The van der Waals surface area contributed by atoms with Crippen molar-refractivity contribution in [1.82, 2.24) is 15.3 Å². The number of aliphatic hydroxyl groups excluding tert-OH is 1. The van der Waals surface area contributed by atoms with Gasteiger partial charge in [-0.3, -0.25) is 14.6 Å². The predicted octanol–water partition coefficient (Wildman–Crippen LogP) is 1.47. The normalized spacial score (nSPS) is 14.1. The van der Waals surface area contributed by atoms with E-state index in [2.05, 4.69) is 15.3 Å². The third-order valence-electron chi connectivity index (χ3n) is 4.71. The molecular formula is C21H28BN3O5. The number of benzene rings is 1.